The van der Waals surface area contributed by atoms with Crippen LogP contribution >= 0.6 is 12.6 Å². The normalized spacial score (nSPS) is 22.7. The summed E-state index contributed by atoms with van der Waals surface area (Å²) in [6.45, 7) is 2.12. The Hall–Kier alpha value is -0.920. The number of ether oxygens (including phenoxy) is 1. The van der Waals surface area contributed by atoms with Crippen LogP contribution < -0.4 is 0 Å². The molecule has 0 aliphatic heterocycles. The highest BCUT2D eigenvalue weighted by atomic mass is 32.1. The minimum atomic E-state index is -1.21. The topological polar surface area (TPSA) is 101 Å². The maximum Gasteiger partial charge on any atom is 0.334 e. The molecule has 0 aromatic carbocycles. The Morgan fingerprint density at radius 3 is 2.57 bits per heavy atom. The Kier molecular flexibility index (Phi) is 12.0. The van der Waals surface area contributed by atoms with Gasteiger partial charge in [0.05, 0.1) is 13.2 Å². The number of aliphatic hydroxyl groups is 2. The third-order valence-electron chi connectivity index (χ3n) is 5.66. The van der Waals surface area contributed by atoms with E-state index in [1.54, 1.807) is 0 Å². The van der Waals surface area contributed by atoms with E-state index in [4.69, 9.17) is 0 Å². The lowest BCUT2D eigenvalue weighted by molar-refractivity contribution is -0.150. The van der Waals surface area contributed by atoms with Crippen molar-refractivity contribution >= 4 is 30.2 Å². The second-order valence-electron chi connectivity index (χ2n) is 7.90. The molecule has 1 aliphatic rings. The predicted molar refractivity (Wildman–Crippen MR) is 110 cm³/mol. The van der Waals surface area contributed by atoms with E-state index in [0.717, 1.165) is 25.7 Å². The lowest BCUT2D eigenvalue weighted by Crippen LogP contribution is -2.28. The van der Waals surface area contributed by atoms with Crippen LogP contribution in [0.5, 0.6) is 0 Å². The molecule has 1 fully saturated rings. The SMILES string of the molecule is CCCCCC(O)CC(S)[C@H]1CCC(=O)[C@@H]1CC(=O)CCCC(O)C(=O)OC. The van der Waals surface area contributed by atoms with Crippen LogP contribution in [0.2, 0.25) is 0 Å². The summed E-state index contributed by atoms with van der Waals surface area (Å²) >= 11 is 4.65. The standard InChI is InChI=1S/C21H36O6S/c1-3-4-5-7-15(23)13-20(28)16-10-11-18(24)17(16)12-14(22)8-6-9-19(25)21(26)27-2/h15-17,19-20,23,25,28H,3-13H2,1-2H3/t15?,16-,17+,19?,20?/m0/s1. The molecule has 0 aromatic heterocycles. The second-order valence-corrected chi connectivity index (χ2v) is 8.57. The zero-order valence-electron chi connectivity index (χ0n) is 17.1. The van der Waals surface area contributed by atoms with Crippen LogP contribution in [0, 0.1) is 11.8 Å². The number of Topliss-reactive ketones (excluding diaryl/α,β-unsaturated/α-hetero) is 2. The van der Waals surface area contributed by atoms with Gasteiger partial charge in [-0.3, -0.25) is 9.59 Å². The van der Waals surface area contributed by atoms with Crippen molar-refractivity contribution in [3.63, 3.8) is 0 Å². The molecular weight excluding hydrogens is 380 g/mol. The summed E-state index contributed by atoms with van der Waals surface area (Å²) in [5.41, 5.74) is 0. The number of aliphatic hydroxyl groups excluding tert-OH is 2. The van der Waals surface area contributed by atoms with Crippen LogP contribution in [0.3, 0.4) is 0 Å². The molecule has 0 radical (unpaired) electrons. The summed E-state index contributed by atoms with van der Waals surface area (Å²) in [5, 5.41) is 19.7. The molecule has 0 aromatic rings. The highest BCUT2D eigenvalue weighted by Gasteiger charge is 2.39. The number of ketones is 2. The van der Waals surface area contributed by atoms with Gasteiger partial charge in [-0.05, 0) is 38.0 Å². The summed E-state index contributed by atoms with van der Waals surface area (Å²) in [7, 11) is 1.21. The molecule has 7 heteroatoms. The van der Waals surface area contributed by atoms with Crippen molar-refractivity contribution in [3.05, 3.63) is 0 Å². The molecule has 162 valence electrons. The second kappa shape index (κ2) is 13.3. The number of unbranched alkanes of at least 4 members (excludes halogenated alkanes) is 2. The molecule has 6 nitrogen and oxygen atoms in total. The van der Waals surface area contributed by atoms with E-state index in [0.29, 0.717) is 25.7 Å². The van der Waals surface area contributed by atoms with E-state index in [2.05, 4.69) is 24.3 Å². The van der Waals surface area contributed by atoms with Gasteiger partial charge in [0.2, 0.25) is 0 Å². The number of rotatable bonds is 14. The third kappa shape index (κ3) is 8.62. The number of esters is 1. The first-order valence-electron chi connectivity index (χ1n) is 10.5. The minimum absolute atomic E-state index is 0.0151. The molecule has 0 heterocycles. The fourth-order valence-corrected chi connectivity index (χ4v) is 4.56. The molecule has 1 aliphatic carbocycles. The van der Waals surface area contributed by atoms with Gasteiger partial charge in [0.15, 0.2) is 6.10 Å². The summed E-state index contributed by atoms with van der Waals surface area (Å²) in [6, 6.07) is 0. The summed E-state index contributed by atoms with van der Waals surface area (Å²) in [6.07, 6.45) is 4.98. The van der Waals surface area contributed by atoms with Crippen molar-refractivity contribution in [1.82, 2.24) is 0 Å². The largest absolute Gasteiger partial charge is 0.467 e. The molecule has 1 rings (SSSR count). The summed E-state index contributed by atoms with van der Waals surface area (Å²) in [5.74, 6) is -0.947. The Bertz CT molecular complexity index is 509. The maximum absolute atomic E-state index is 12.3. The van der Waals surface area contributed by atoms with E-state index in [9.17, 15) is 24.6 Å². The first-order chi connectivity index (χ1) is 13.3. The molecule has 2 N–H and O–H groups in total. The maximum atomic E-state index is 12.3. The Labute approximate surface area is 173 Å². The van der Waals surface area contributed by atoms with Gasteiger partial charge in [-0.2, -0.15) is 12.6 Å². The van der Waals surface area contributed by atoms with Crippen molar-refractivity contribution in [3.8, 4) is 0 Å². The smallest absolute Gasteiger partial charge is 0.334 e. The predicted octanol–water partition coefficient (Wildman–Crippen LogP) is 2.87. The molecule has 0 saturated heterocycles. The van der Waals surface area contributed by atoms with Crippen molar-refractivity contribution in [2.45, 2.75) is 95.0 Å². The lowest BCUT2D eigenvalue weighted by Gasteiger charge is -2.26. The van der Waals surface area contributed by atoms with E-state index >= 15 is 0 Å². The van der Waals surface area contributed by atoms with Crippen LogP contribution in [-0.4, -0.2) is 52.3 Å². The molecule has 3 unspecified atom stereocenters. The summed E-state index contributed by atoms with van der Waals surface area (Å²) < 4.78 is 4.45. The third-order valence-corrected chi connectivity index (χ3v) is 6.25. The molecule has 0 bridgehead atoms. The van der Waals surface area contributed by atoms with Crippen molar-refractivity contribution in [2.24, 2.45) is 11.8 Å². The molecule has 1 saturated carbocycles. The fourth-order valence-electron chi connectivity index (χ4n) is 3.96. The monoisotopic (exact) mass is 416 g/mol. The van der Waals surface area contributed by atoms with Crippen molar-refractivity contribution in [1.29, 1.82) is 0 Å². The van der Waals surface area contributed by atoms with Crippen LogP contribution in [-0.2, 0) is 19.1 Å². The van der Waals surface area contributed by atoms with Crippen molar-refractivity contribution in [2.75, 3.05) is 7.11 Å². The first-order valence-corrected chi connectivity index (χ1v) is 11.0. The zero-order valence-corrected chi connectivity index (χ0v) is 18.0. The Balaban J connectivity index is 2.45. The van der Waals surface area contributed by atoms with Crippen molar-refractivity contribution < 1.29 is 29.3 Å². The highest BCUT2D eigenvalue weighted by molar-refractivity contribution is 7.81. The average molecular weight is 417 g/mol. The van der Waals surface area contributed by atoms with E-state index in [-0.39, 0.29) is 47.9 Å². The number of hydrogen-bond acceptors (Lipinski definition) is 7. The Morgan fingerprint density at radius 2 is 1.93 bits per heavy atom. The van der Waals surface area contributed by atoms with Gasteiger partial charge in [-0.25, -0.2) is 4.79 Å². The number of thiol groups is 1. The quantitative estimate of drug-likeness (QED) is 0.229. The van der Waals surface area contributed by atoms with Gasteiger partial charge in [-0.15, -0.1) is 0 Å². The number of carbonyl (C=O) groups is 3. The average Bonchev–Trinajstić information content (AvgIpc) is 3.01. The Morgan fingerprint density at radius 1 is 1.21 bits per heavy atom. The molecular formula is C21H36O6S. The van der Waals surface area contributed by atoms with Crippen LogP contribution in [0.25, 0.3) is 0 Å². The van der Waals surface area contributed by atoms with E-state index in [1.165, 1.54) is 7.11 Å². The molecule has 5 atom stereocenters. The van der Waals surface area contributed by atoms with Gasteiger partial charge < -0.3 is 14.9 Å². The van der Waals surface area contributed by atoms with Gasteiger partial charge >= 0.3 is 5.97 Å². The van der Waals surface area contributed by atoms with Crippen LogP contribution in [0.1, 0.15) is 77.6 Å². The van der Waals surface area contributed by atoms with Gasteiger partial charge in [0, 0.05) is 30.4 Å². The lowest BCUT2D eigenvalue weighted by atomic mass is 9.85. The first kappa shape index (κ1) is 25.1. The minimum Gasteiger partial charge on any atom is -0.467 e. The van der Waals surface area contributed by atoms with E-state index < -0.39 is 18.2 Å². The van der Waals surface area contributed by atoms with Crippen LogP contribution in [0.15, 0.2) is 0 Å². The van der Waals surface area contributed by atoms with Gasteiger partial charge in [-0.1, -0.05) is 26.2 Å². The van der Waals surface area contributed by atoms with Gasteiger partial charge in [0.25, 0.3) is 0 Å². The van der Waals surface area contributed by atoms with Crippen LogP contribution in [0.4, 0.5) is 0 Å². The highest BCUT2D eigenvalue weighted by Crippen LogP contribution is 2.38. The molecule has 0 spiro atoms. The molecule has 0 amide bonds. The number of carbonyl (C=O) groups excluding carboxylic acids is 3. The molecule has 28 heavy (non-hydrogen) atoms. The number of hydrogen-bond donors (Lipinski definition) is 3. The fraction of sp³-hybridized carbons (Fsp3) is 0.857. The summed E-state index contributed by atoms with van der Waals surface area (Å²) in [4.78, 5) is 35.8. The zero-order chi connectivity index (χ0) is 21.1. The van der Waals surface area contributed by atoms with Gasteiger partial charge in [0.1, 0.15) is 11.6 Å². The van der Waals surface area contributed by atoms with E-state index in [1.807, 2.05) is 0 Å². The number of methoxy groups -OCH3 is 1.